The molecule has 5 heteroatoms. The average molecular weight is 249 g/mol. The molecule has 0 saturated carbocycles. The van der Waals surface area contributed by atoms with Gasteiger partial charge in [0.2, 0.25) is 0 Å². The van der Waals surface area contributed by atoms with Crippen LogP contribution in [0, 0.1) is 0 Å². The van der Waals surface area contributed by atoms with Gasteiger partial charge in [-0.25, -0.2) is 0 Å². The molecule has 96 valence electrons. The van der Waals surface area contributed by atoms with Crippen molar-refractivity contribution in [3.05, 3.63) is 0 Å². The molecule has 0 fully saturated rings. The lowest BCUT2D eigenvalue weighted by Crippen LogP contribution is -2.45. The van der Waals surface area contributed by atoms with Gasteiger partial charge >= 0.3 is 5.97 Å². The van der Waals surface area contributed by atoms with E-state index in [-0.39, 0.29) is 23.2 Å². The zero-order chi connectivity index (χ0) is 12.8. The molecule has 1 N–H and O–H groups in total. The maximum atomic E-state index is 11.8. The fourth-order valence-electron chi connectivity index (χ4n) is 1.02. The molecule has 0 radical (unpaired) electrons. The van der Waals surface area contributed by atoms with Gasteiger partial charge in [-0.15, -0.1) is 4.72 Å². The Morgan fingerprint density at radius 3 is 2.38 bits per heavy atom. The van der Waals surface area contributed by atoms with Crippen LogP contribution in [-0.2, 0) is 20.9 Å². The van der Waals surface area contributed by atoms with Crippen LogP contribution < -0.4 is 4.72 Å². The van der Waals surface area contributed by atoms with Crippen molar-refractivity contribution in [3.8, 4) is 0 Å². The molecule has 0 aromatic rings. The number of hydrogen-bond acceptors (Lipinski definition) is 4. The molecule has 1 unspecified atom stereocenters. The van der Waals surface area contributed by atoms with Gasteiger partial charge in [0.15, 0.2) is 0 Å². The van der Waals surface area contributed by atoms with E-state index in [9.17, 15) is 9.35 Å². The summed E-state index contributed by atoms with van der Waals surface area (Å²) < 4.78 is 19.3. The molecule has 0 spiro atoms. The van der Waals surface area contributed by atoms with E-state index in [1.54, 1.807) is 6.92 Å². The van der Waals surface area contributed by atoms with Gasteiger partial charge in [0.1, 0.15) is 4.75 Å². The smallest absolute Gasteiger partial charge is 0.307 e. The van der Waals surface area contributed by atoms with Gasteiger partial charge in [-0.3, -0.25) is 4.79 Å². The Balaban J connectivity index is 4.15. The van der Waals surface area contributed by atoms with Gasteiger partial charge in [0, 0.05) is 11.4 Å². The minimum absolute atomic E-state index is 0.0842. The van der Waals surface area contributed by atoms with Crippen LogP contribution in [0.15, 0.2) is 0 Å². The molecule has 2 atom stereocenters. The SMILES string of the molecule is CCOC(=O)C[C@@H](CC)N[S+]([O-])C(C)(C)C. The van der Waals surface area contributed by atoms with Crippen molar-refractivity contribution >= 4 is 17.3 Å². The Kier molecular flexibility index (Phi) is 7.03. The number of carbonyl (C=O) groups excluding carboxylic acids is 1. The summed E-state index contributed by atoms with van der Waals surface area (Å²) in [6.45, 7) is 9.81. The monoisotopic (exact) mass is 249 g/mol. The summed E-state index contributed by atoms with van der Waals surface area (Å²) >= 11 is -1.15. The third kappa shape index (κ3) is 6.35. The topological polar surface area (TPSA) is 61.4 Å². The third-order valence-electron chi connectivity index (χ3n) is 2.04. The van der Waals surface area contributed by atoms with E-state index in [0.29, 0.717) is 6.61 Å². The molecule has 0 amide bonds. The fraction of sp³-hybridized carbons (Fsp3) is 0.909. The summed E-state index contributed by atoms with van der Waals surface area (Å²) in [5.74, 6) is -0.243. The predicted octanol–water partition coefficient (Wildman–Crippen LogP) is 1.77. The highest BCUT2D eigenvalue weighted by molar-refractivity contribution is 7.90. The van der Waals surface area contributed by atoms with Gasteiger partial charge in [-0.05, 0) is 34.1 Å². The van der Waals surface area contributed by atoms with Gasteiger partial charge in [-0.1, -0.05) is 6.92 Å². The maximum Gasteiger partial charge on any atom is 0.307 e. The van der Waals surface area contributed by atoms with Crippen LogP contribution in [0.2, 0.25) is 0 Å². The Bertz CT molecular complexity index is 216. The molecular weight excluding hydrogens is 226 g/mol. The van der Waals surface area contributed by atoms with Gasteiger partial charge in [-0.2, -0.15) is 0 Å². The second-order valence-corrected chi connectivity index (χ2v) is 6.61. The number of esters is 1. The standard InChI is InChI=1S/C11H23NO3S/c1-6-9(8-10(13)15-7-2)12-16(14)11(3,4)5/h9,12H,6-8H2,1-5H3/t9-,16?/m1/s1. The van der Waals surface area contributed by atoms with Crippen molar-refractivity contribution in [2.45, 2.75) is 58.2 Å². The van der Waals surface area contributed by atoms with Crippen LogP contribution in [-0.4, -0.2) is 27.9 Å². The quantitative estimate of drug-likeness (QED) is 0.575. The van der Waals surface area contributed by atoms with E-state index >= 15 is 0 Å². The van der Waals surface area contributed by atoms with Crippen LogP contribution >= 0.6 is 0 Å². The molecule has 0 aromatic heterocycles. The van der Waals surface area contributed by atoms with E-state index in [1.165, 1.54) is 0 Å². The van der Waals surface area contributed by atoms with Crippen molar-refractivity contribution in [2.24, 2.45) is 0 Å². The van der Waals surface area contributed by atoms with Crippen LogP contribution in [0.5, 0.6) is 0 Å². The maximum absolute atomic E-state index is 11.8. The highest BCUT2D eigenvalue weighted by Crippen LogP contribution is 2.15. The minimum atomic E-state index is -1.15. The van der Waals surface area contributed by atoms with E-state index in [0.717, 1.165) is 6.42 Å². The molecule has 0 aliphatic heterocycles. The summed E-state index contributed by atoms with van der Waals surface area (Å²) in [7, 11) is 0. The van der Waals surface area contributed by atoms with Crippen LogP contribution in [0.1, 0.15) is 47.5 Å². The van der Waals surface area contributed by atoms with Crippen molar-refractivity contribution in [2.75, 3.05) is 6.61 Å². The first-order valence-electron chi connectivity index (χ1n) is 5.64. The molecule has 16 heavy (non-hydrogen) atoms. The predicted molar refractivity (Wildman–Crippen MR) is 66.4 cm³/mol. The lowest BCUT2D eigenvalue weighted by Gasteiger charge is -2.27. The highest BCUT2D eigenvalue weighted by atomic mass is 32.2. The largest absolute Gasteiger partial charge is 0.598 e. The Labute approximate surface area is 101 Å². The summed E-state index contributed by atoms with van der Waals surface area (Å²) in [5, 5.41) is 0. The van der Waals surface area contributed by atoms with Gasteiger partial charge in [0.25, 0.3) is 0 Å². The lowest BCUT2D eigenvalue weighted by molar-refractivity contribution is -0.143. The number of nitrogens with one attached hydrogen (secondary N) is 1. The molecule has 0 rings (SSSR count). The van der Waals surface area contributed by atoms with Crippen molar-refractivity contribution in [1.29, 1.82) is 0 Å². The fourth-order valence-corrected chi connectivity index (χ4v) is 1.92. The van der Waals surface area contributed by atoms with Crippen LogP contribution in [0.4, 0.5) is 0 Å². The molecule has 0 aromatic carbocycles. The Hall–Kier alpha value is -0.260. The van der Waals surface area contributed by atoms with Crippen molar-refractivity contribution < 1.29 is 14.1 Å². The summed E-state index contributed by atoms with van der Waals surface area (Å²) in [6, 6.07) is -0.0842. The van der Waals surface area contributed by atoms with E-state index < -0.39 is 11.4 Å². The molecule has 0 aliphatic carbocycles. The molecule has 4 nitrogen and oxygen atoms in total. The molecule has 0 aliphatic rings. The minimum Gasteiger partial charge on any atom is -0.598 e. The van der Waals surface area contributed by atoms with Crippen molar-refractivity contribution in [3.63, 3.8) is 0 Å². The summed E-state index contributed by atoms with van der Waals surface area (Å²) in [4.78, 5) is 11.3. The molecule has 0 saturated heterocycles. The van der Waals surface area contributed by atoms with Crippen LogP contribution in [0.3, 0.4) is 0 Å². The number of ether oxygens (including phenoxy) is 1. The first kappa shape index (κ1) is 15.7. The molecule has 0 heterocycles. The number of rotatable bonds is 6. The first-order chi connectivity index (χ1) is 7.31. The Morgan fingerprint density at radius 2 is 2.00 bits per heavy atom. The zero-order valence-corrected chi connectivity index (χ0v) is 11.6. The van der Waals surface area contributed by atoms with E-state index in [1.807, 2.05) is 27.7 Å². The second-order valence-electron chi connectivity index (χ2n) is 4.61. The first-order valence-corrected chi connectivity index (χ1v) is 6.79. The lowest BCUT2D eigenvalue weighted by atomic mass is 10.2. The normalized spacial score (nSPS) is 15.6. The van der Waals surface area contributed by atoms with E-state index in [2.05, 4.69) is 4.72 Å². The zero-order valence-electron chi connectivity index (χ0n) is 10.8. The second kappa shape index (κ2) is 7.14. The average Bonchev–Trinajstić information content (AvgIpc) is 2.15. The van der Waals surface area contributed by atoms with E-state index in [4.69, 9.17) is 4.74 Å². The molecule has 0 bridgehead atoms. The highest BCUT2D eigenvalue weighted by Gasteiger charge is 2.29. The van der Waals surface area contributed by atoms with Crippen LogP contribution in [0.25, 0.3) is 0 Å². The summed E-state index contributed by atoms with van der Waals surface area (Å²) in [5.41, 5.74) is 0. The number of carbonyl (C=O) groups is 1. The van der Waals surface area contributed by atoms with Gasteiger partial charge < -0.3 is 9.29 Å². The Morgan fingerprint density at radius 1 is 1.44 bits per heavy atom. The summed E-state index contributed by atoms with van der Waals surface area (Å²) in [6.07, 6.45) is 1.02. The third-order valence-corrected chi connectivity index (χ3v) is 3.70. The van der Waals surface area contributed by atoms with Crippen molar-refractivity contribution in [1.82, 2.24) is 4.72 Å². The van der Waals surface area contributed by atoms with Gasteiger partial charge in [0.05, 0.1) is 19.1 Å². The number of hydrogen-bond donors (Lipinski definition) is 1. The molecular formula is C11H23NO3S.